The largest absolute Gasteiger partial charge is 0.472 e. The highest BCUT2D eigenvalue weighted by molar-refractivity contribution is 7.47. The van der Waals surface area contributed by atoms with E-state index in [1.807, 2.05) is 0 Å². The van der Waals surface area contributed by atoms with Crippen LogP contribution < -0.4 is 0 Å². The summed E-state index contributed by atoms with van der Waals surface area (Å²) in [4.78, 5) is 9.71. The third-order valence-electron chi connectivity index (χ3n) is 4.28. The minimum atomic E-state index is -4.97. The number of phosphoric acid groups is 1. The average molecular weight is 406 g/mol. The second-order valence-corrected chi connectivity index (χ2v) is 7.45. The van der Waals surface area contributed by atoms with E-state index in [-0.39, 0.29) is 0 Å². The van der Waals surface area contributed by atoms with Gasteiger partial charge in [0.25, 0.3) is 0 Å². The van der Waals surface area contributed by atoms with Crippen molar-refractivity contribution in [3.8, 4) is 0 Å². The Kier molecular flexibility index (Phi) is 7.13. The molecule has 0 aromatic rings. The molecule has 1 saturated carbocycles. The van der Waals surface area contributed by atoms with Crippen LogP contribution in [0.5, 0.6) is 0 Å². The molecule has 2 rings (SSSR count). The van der Waals surface area contributed by atoms with E-state index in [2.05, 4.69) is 9.05 Å². The summed E-state index contributed by atoms with van der Waals surface area (Å²) >= 11 is 0. The predicted molar refractivity (Wildman–Crippen MR) is 78.4 cm³/mol. The van der Waals surface area contributed by atoms with Gasteiger partial charge < -0.3 is 50.1 Å². The molecule has 11 atom stereocenters. The first-order chi connectivity index (χ1) is 12.0. The molecule has 1 heterocycles. The number of rotatable bonds is 6. The van der Waals surface area contributed by atoms with Gasteiger partial charge in [-0.25, -0.2) is 4.57 Å². The van der Waals surface area contributed by atoms with Gasteiger partial charge in [0.2, 0.25) is 0 Å². The summed E-state index contributed by atoms with van der Waals surface area (Å²) in [6.07, 6.45) is -17.1. The molecule has 0 aromatic heterocycles. The molecule has 154 valence electrons. The van der Waals surface area contributed by atoms with E-state index in [4.69, 9.17) is 9.47 Å². The Bertz CT molecular complexity index is 503. The molecule has 1 aliphatic heterocycles. The first-order valence-electron chi connectivity index (χ1n) is 7.60. The number of methoxy groups -OCH3 is 1. The zero-order chi connectivity index (χ0) is 19.8. The monoisotopic (exact) mass is 406 g/mol. The van der Waals surface area contributed by atoms with Crippen LogP contribution in [0.4, 0.5) is 0 Å². The summed E-state index contributed by atoms with van der Waals surface area (Å²) in [5.74, 6) is 0. The van der Waals surface area contributed by atoms with Gasteiger partial charge in [0.05, 0.1) is 6.61 Å². The highest BCUT2D eigenvalue weighted by Crippen LogP contribution is 2.47. The van der Waals surface area contributed by atoms with Gasteiger partial charge in [-0.1, -0.05) is 0 Å². The van der Waals surface area contributed by atoms with Gasteiger partial charge in [0, 0.05) is 7.11 Å². The fraction of sp³-hybridized carbons (Fsp3) is 1.00. The second-order valence-electron chi connectivity index (χ2n) is 6.05. The van der Waals surface area contributed by atoms with Gasteiger partial charge in [0.1, 0.15) is 54.9 Å². The minimum Gasteiger partial charge on any atom is -0.387 e. The van der Waals surface area contributed by atoms with E-state index in [0.29, 0.717) is 0 Å². The number of phosphoric ester groups is 1. The lowest BCUT2D eigenvalue weighted by Gasteiger charge is -2.41. The van der Waals surface area contributed by atoms with Crippen molar-refractivity contribution in [2.24, 2.45) is 0 Å². The molecule has 3 unspecified atom stereocenters. The van der Waals surface area contributed by atoms with Crippen molar-refractivity contribution >= 4 is 7.82 Å². The second kappa shape index (κ2) is 8.41. The molecule has 1 saturated heterocycles. The third kappa shape index (κ3) is 4.42. The molecule has 0 spiro atoms. The summed E-state index contributed by atoms with van der Waals surface area (Å²) in [5, 5.41) is 67.5. The third-order valence-corrected chi connectivity index (χ3v) is 5.27. The normalized spacial score (nSPS) is 49.1. The summed E-state index contributed by atoms with van der Waals surface area (Å²) < 4.78 is 31.0. The van der Waals surface area contributed by atoms with Crippen LogP contribution in [0.1, 0.15) is 0 Å². The predicted octanol–water partition coefficient (Wildman–Crippen LogP) is -4.60. The highest BCUT2D eigenvalue weighted by Gasteiger charge is 2.51. The van der Waals surface area contributed by atoms with E-state index in [9.17, 15) is 45.2 Å². The van der Waals surface area contributed by atoms with Crippen LogP contribution in [-0.2, 0) is 23.1 Å². The number of aliphatic hydroxyl groups is 7. The Morgan fingerprint density at radius 1 is 0.846 bits per heavy atom. The lowest BCUT2D eigenvalue weighted by atomic mass is 9.85. The maximum atomic E-state index is 12.0. The molecular weight excluding hydrogens is 383 g/mol. The zero-order valence-corrected chi connectivity index (χ0v) is 14.4. The van der Waals surface area contributed by atoms with Crippen molar-refractivity contribution in [1.82, 2.24) is 0 Å². The van der Waals surface area contributed by atoms with E-state index in [1.54, 1.807) is 0 Å². The zero-order valence-electron chi connectivity index (χ0n) is 13.5. The summed E-state index contributed by atoms with van der Waals surface area (Å²) in [6, 6.07) is 0. The van der Waals surface area contributed by atoms with Crippen LogP contribution >= 0.6 is 7.82 Å². The van der Waals surface area contributed by atoms with Crippen molar-refractivity contribution in [2.75, 3.05) is 13.7 Å². The molecule has 0 bridgehead atoms. The number of ether oxygens (including phenoxy) is 2. The van der Waals surface area contributed by atoms with E-state index in [1.165, 1.54) is 7.11 Å². The summed E-state index contributed by atoms with van der Waals surface area (Å²) in [6.45, 7) is -0.724. The summed E-state index contributed by atoms with van der Waals surface area (Å²) in [5.41, 5.74) is 0. The van der Waals surface area contributed by atoms with Crippen molar-refractivity contribution in [3.05, 3.63) is 0 Å². The van der Waals surface area contributed by atoms with Gasteiger partial charge in [-0.2, -0.15) is 0 Å². The Balaban J connectivity index is 1.97. The number of hydrogen-bond donors (Lipinski definition) is 8. The molecule has 2 fully saturated rings. The molecule has 13 nitrogen and oxygen atoms in total. The molecule has 1 aliphatic carbocycles. The van der Waals surface area contributed by atoms with Crippen molar-refractivity contribution < 1.29 is 63.7 Å². The van der Waals surface area contributed by atoms with Gasteiger partial charge in [-0.05, 0) is 0 Å². The molecule has 0 amide bonds. The van der Waals surface area contributed by atoms with Crippen LogP contribution in [0, 0.1) is 0 Å². The standard InChI is InChI=1S/C12H23O13P/c1-22-12-10(19)4(13)3(24-12)2-23-26(20,21)25-11-8(17)6(15)5(14)7(16)9(11)18/h3-19H,2H2,1H3,(H,20,21)/t3-,4-,5?,6-,7+,8-,9-,10+,11?,12-/m1/s1. The Hall–Kier alpha value is -0.250. The van der Waals surface area contributed by atoms with Crippen LogP contribution in [0.2, 0.25) is 0 Å². The molecule has 0 aromatic carbocycles. The molecule has 2 aliphatic rings. The lowest BCUT2D eigenvalue weighted by molar-refractivity contribution is -0.220. The highest BCUT2D eigenvalue weighted by atomic mass is 31.2. The van der Waals surface area contributed by atoms with Gasteiger partial charge in [-0.15, -0.1) is 0 Å². The van der Waals surface area contributed by atoms with Gasteiger partial charge >= 0.3 is 7.82 Å². The van der Waals surface area contributed by atoms with Crippen LogP contribution in [-0.4, -0.2) is 116 Å². The maximum Gasteiger partial charge on any atom is 0.472 e. The van der Waals surface area contributed by atoms with E-state index < -0.39 is 75.7 Å². The first-order valence-corrected chi connectivity index (χ1v) is 9.10. The fourth-order valence-corrected chi connectivity index (χ4v) is 3.67. The van der Waals surface area contributed by atoms with Gasteiger partial charge in [-0.3, -0.25) is 9.05 Å². The number of hydrogen-bond acceptors (Lipinski definition) is 12. The van der Waals surface area contributed by atoms with E-state index in [0.717, 1.165) is 0 Å². The maximum absolute atomic E-state index is 12.0. The van der Waals surface area contributed by atoms with Crippen LogP contribution in [0.25, 0.3) is 0 Å². The molecular formula is C12H23O13P. The topological polar surface area (TPSA) is 216 Å². The molecule has 8 N–H and O–H groups in total. The lowest BCUT2D eigenvalue weighted by Crippen LogP contribution is -2.64. The number of aliphatic hydroxyl groups excluding tert-OH is 7. The van der Waals surface area contributed by atoms with Gasteiger partial charge in [0.15, 0.2) is 6.29 Å². The van der Waals surface area contributed by atoms with Crippen molar-refractivity contribution in [3.63, 3.8) is 0 Å². The summed E-state index contributed by atoms with van der Waals surface area (Å²) in [7, 11) is -3.76. The Morgan fingerprint density at radius 3 is 1.81 bits per heavy atom. The van der Waals surface area contributed by atoms with Crippen LogP contribution in [0.3, 0.4) is 0 Å². The Labute approximate surface area is 147 Å². The van der Waals surface area contributed by atoms with Crippen molar-refractivity contribution in [1.29, 1.82) is 0 Å². The SMILES string of the molecule is CO[C@@H]1O[C@H](COP(=O)(O)OC2[C@H](O)[C@H](O)C(O)[C@H](O)[C@H]2O)[C@@H](O)[C@@H]1O. The average Bonchev–Trinajstić information content (AvgIpc) is 2.88. The smallest absolute Gasteiger partial charge is 0.387 e. The quantitative estimate of drug-likeness (QED) is 0.195. The fourth-order valence-electron chi connectivity index (χ4n) is 2.72. The van der Waals surface area contributed by atoms with Crippen LogP contribution in [0.15, 0.2) is 0 Å². The first kappa shape index (κ1) is 22.0. The van der Waals surface area contributed by atoms with E-state index >= 15 is 0 Å². The minimum absolute atomic E-state index is 0.724. The van der Waals surface area contributed by atoms with Crippen molar-refractivity contribution in [2.45, 2.75) is 61.2 Å². The molecule has 14 heteroatoms. The Morgan fingerprint density at radius 2 is 1.35 bits per heavy atom. The molecule has 26 heavy (non-hydrogen) atoms. The molecule has 0 radical (unpaired) electrons.